The van der Waals surface area contributed by atoms with Gasteiger partial charge in [0.05, 0.1) is 0 Å². The van der Waals surface area contributed by atoms with Gasteiger partial charge < -0.3 is 10.6 Å². The third-order valence-electron chi connectivity index (χ3n) is 4.14. The van der Waals surface area contributed by atoms with Crippen LogP contribution in [0.5, 0.6) is 0 Å². The SMILES string of the molecule is c1ccc(Nc2cccc(Cc3cccc(Nc4ccccn4)c3)c2)nc1. The van der Waals surface area contributed by atoms with Gasteiger partial charge in [0.25, 0.3) is 0 Å². The number of benzene rings is 2. The van der Waals surface area contributed by atoms with Gasteiger partial charge in [-0.2, -0.15) is 0 Å². The third kappa shape index (κ3) is 4.70. The Hall–Kier alpha value is -3.66. The predicted octanol–water partition coefficient (Wildman–Crippen LogP) is 5.55. The zero-order valence-electron chi connectivity index (χ0n) is 14.8. The van der Waals surface area contributed by atoms with Gasteiger partial charge in [-0.1, -0.05) is 36.4 Å². The van der Waals surface area contributed by atoms with Gasteiger partial charge in [-0.25, -0.2) is 9.97 Å². The minimum atomic E-state index is 0.844. The fourth-order valence-corrected chi connectivity index (χ4v) is 2.92. The molecule has 2 aromatic carbocycles. The summed E-state index contributed by atoms with van der Waals surface area (Å²) in [4.78, 5) is 8.63. The standard InChI is InChI=1S/C23H20N4/c1-3-13-24-22(11-1)26-20-9-5-7-18(16-20)15-19-8-6-10-21(17-19)27-23-12-2-4-14-25-23/h1-14,16-17H,15H2,(H,24,26)(H,25,27). The fraction of sp³-hybridized carbons (Fsp3) is 0.0435. The van der Waals surface area contributed by atoms with Crippen LogP contribution in [0.1, 0.15) is 11.1 Å². The van der Waals surface area contributed by atoms with Gasteiger partial charge in [-0.15, -0.1) is 0 Å². The Morgan fingerprint density at radius 1 is 0.556 bits per heavy atom. The van der Waals surface area contributed by atoms with Crippen molar-refractivity contribution in [3.63, 3.8) is 0 Å². The Balaban J connectivity index is 1.47. The van der Waals surface area contributed by atoms with E-state index >= 15 is 0 Å². The van der Waals surface area contributed by atoms with Crippen molar-refractivity contribution in [2.45, 2.75) is 6.42 Å². The second kappa shape index (κ2) is 8.15. The summed E-state index contributed by atoms with van der Waals surface area (Å²) >= 11 is 0. The molecule has 0 aliphatic heterocycles. The second-order valence-corrected chi connectivity index (χ2v) is 6.26. The Morgan fingerprint density at radius 2 is 1.07 bits per heavy atom. The zero-order valence-corrected chi connectivity index (χ0v) is 14.8. The summed E-state index contributed by atoms with van der Waals surface area (Å²) in [5, 5.41) is 6.68. The first-order valence-electron chi connectivity index (χ1n) is 8.89. The maximum absolute atomic E-state index is 4.31. The molecule has 2 N–H and O–H groups in total. The molecule has 0 aliphatic rings. The highest BCUT2D eigenvalue weighted by atomic mass is 15.0. The molecule has 0 spiro atoms. The maximum Gasteiger partial charge on any atom is 0.130 e. The molecule has 0 unspecified atom stereocenters. The summed E-state index contributed by atoms with van der Waals surface area (Å²) in [6, 6.07) is 28.5. The Morgan fingerprint density at radius 3 is 1.52 bits per heavy atom. The molecule has 2 heterocycles. The van der Waals surface area contributed by atoms with Gasteiger partial charge in [0.1, 0.15) is 11.6 Å². The summed E-state index contributed by atoms with van der Waals surface area (Å²) < 4.78 is 0. The van der Waals surface area contributed by atoms with E-state index < -0.39 is 0 Å². The molecule has 2 aromatic heterocycles. The minimum Gasteiger partial charge on any atom is -0.340 e. The van der Waals surface area contributed by atoms with Gasteiger partial charge in [0.15, 0.2) is 0 Å². The number of nitrogens with zero attached hydrogens (tertiary/aromatic N) is 2. The molecule has 27 heavy (non-hydrogen) atoms. The topological polar surface area (TPSA) is 49.8 Å². The van der Waals surface area contributed by atoms with E-state index in [0.717, 1.165) is 29.4 Å². The molecule has 4 nitrogen and oxygen atoms in total. The highest BCUT2D eigenvalue weighted by Gasteiger charge is 2.02. The number of nitrogens with one attached hydrogen (secondary N) is 2. The molecule has 0 saturated heterocycles. The van der Waals surface area contributed by atoms with Crippen LogP contribution in [-0.4, -0.2) is 9.97 Å². The van der Waals surface area contributed by atoms with Crippen molar-refractivity contribution in [2.24, 2.45) is 0 Å². The largest absolute Gasteiger partial charge is 0.340 e. The van der Waals surface area contributed by atoms with E-state index in [9.17, 15) is 0 Å². The molecule has 0 saturated carbocycles. The summed E-state index contributed by atoms with van der Waals surface area (Å²) in [6.45, 7) is 0. The second-order valence-electron chi connectivity index (χ2n) is 6.26. The third-order valence-corrected chi connectivity index (χ3v) is 4.14. The van der Waals surface area contributed by atoms with E-state index in [1.165, 1.54) is 11.1 Å². The zero-order chi connectivity index (χ0) is 18.3. The summed E-state index contributed by atoms with van der Waals surface area (Å²) in [5.74, 6) is 1.69. The van der Waals surface area contributed by atoms with Gasteiger partial charge in [-0.05, 0) is 66.1 Å². The van der Waals surface area contributed by atoms with Crippen LogP contribution in [0.25, 0.3) is 0 Å². The number of hydrogen-bond acceptors (Lipinski definition) is 4. The lowest BCUT2D eigenvalue weighted by atomic mass is 10.0. The van der Waals surface area contributed by atoms with Crippen LogP contribution in [0.3, 0.4) is 0 Å². The molecule has 4 rings (SSSR count). The molecule has 0 bridgehead atoms. The van der Waals surface area contributed by atoms with Crippen LogP contribution in [0, 0.1) is 0 Å². The average Bonchev–Trinajstić information content (AvgIpc) is 2.70. The van der Waals surface area contributed by atoms with Crippen molar-refractivity contribution in [2.75, 3.05) is 10.6 Å². The molecule has 0 fully saturated rings. The maximum atomic E-state index is 4.31. The van der Waals surface area contributed by atoms with Gasteiger partial charge in [0, 0.05) is 23.8 Å². The molecule has 0 radical (unpaired) electrons. The van der Waals surface area contributed by atoms with E-state index in [4.69, 9.17) is 0 Å². The first-order chi connectivity index (χ1) is 13.3. The smallest absolute Gasteiger partial charge is 0.130 e. The van der Waals surface area contributed by atoms with Crippen LogP contribution in [0.4, 0.5) is 23.0 Å². The van der Waals surface area contributed by atoms with Crippen molar-refractivity contribution in [3.8, 4) is 0 Å². The van der Waals surface area contributed by atoms with Gasteiger partial charge in [-0.3, -0.25) is 0 Å². The van der Waals surface area contributed by atoms with Crippen molar-refractivity contribution in [3.05, 3.63) is 108 Å². The molecular formula is C23H20N4. The molecule has 0 aliphatic carbocycles. The van der Waals surface area contributed by atoms with Crippen molar-refractivity contribution < 1.29 is 0 Å². The quantitative estimate of drug-likeness (QED) is 0.477. The molecule has 0 atom stereocenters. The van der Waals surface area contributed by atoms with E-state index in [1.807, 2.05) is 36.4 Å². The highest BCUT2D eigenvalue weighted by Crippen LogP contribution is 2.21. The number of aromatic nitrogens is 2. The van der Waals surface area contributed by atoms with Crippen LogP contribution in [0.15, 0.2) is 97.3 Å². The monoisotopic (exact) mass is 352 g/mol. The van der Waals surface area contributed by atoms with E-state index in [2.05, 4.69) is 69.1 Å². The number of hydrogen-bond donors (Lipinski definition) is 2. The fourth-order valence-electron chi connectivity index (χ4n) is 2.92. The number of rotatable bonds is 6. The summed E-state index contributed by atoms with van der Waals surface area (Å²) in [6.07, 6.45) is 4.42. The number of pyridine rings is 2. The predicted molar refractivity (Wildman–Crippen MR) is 111 cm³/mol. The first kappa shape index (κ1) is 16.8. The molecule has 4 heteroatoms. The van der Waals surface area contributed by atoms with Crippen molar-refractivity contribution in [1.82, 2.24) is 9.97 Å². The van der Waals surface area contributed by atoms with Crippen LogP contribution in [0.2, 0.25) is 0 Å². The average molecular weight is 352 g/mol. The van der Waals surface area contributed by atoms with Crippen molar-refractivity contribution >= 4 is 23.0 Å². The number of anilines is 4. The molecule has 132 valence electrons. The Labute approximate surface area is 159 Å². The van der Waals surface area contributed by atoms with Crippen LogP contribution >= 0.6 is 0 Å². The molecular weight excluding hydrogens is 332 g/mol. The normalized spacial score (nSPS) is 10.4. The minimum absolute atomic E-state index is 0.844. The Bertz CT molecular complexity index is 918. The molecule has 4 aromatic rings. The lowest BCUT2D eigenvalue weighted by molar-refractivity contribution is 1.19. The summed E-state index contributed by atoms with van der Waals surface area (Å²) in [5.41, 5.74) is 4.56. The van der Waals surface area contributed by atoms with Crippen LogP contribution < -0.4 is 10.6 Å². The van der Waals surface area contributed by atoms with Crippen LogP contribution in [-0.2, 0) is 6.42 Å². The van der Waals surface area contributed by atoms with E-state index in [-0.39, 0.29) is 0 Å². The van der Waals surface area contributed by atoms with Crippen molar-refractivity contribution in [1.29, 1.82) is 0 Å². The molecule has 0 amide bonds. The lowest BCUT2D eigenvalue weighted by Gasteiger charge is -2.10. The lowest BCUT2D eigenvalue weighted by Crippen LogP contribution is -1.96. The highest BCUT2D eigenvalue weighted by molar-refractivity contribution is 5.59. The summed E-state index contributed by atoms with van der Waals surface area (Å²) in [7, 11) is 0. The first-order valence-corrected chi connectivity index (χ1v) is 8.89. The Kier molecular flexibility index (Phi) is 5.07. The van der Waals surface area contributed by atoms with E-state index in [0.29, 0.717) is 0 Å². The van der Waals surface area contributed by atoms with Gasteiger partial charge in [0.2, 0.25) is 0 Å². The van der Waals surface area contributed by atoms with Gasteiger partial charge >= 0.3 is 0 Å². The van der Waals surface area contributed by atoms with E-state index in [1.54, 1.807) is 12.4 Å².